The van der Waals surface area contributed by atoms with Gasteiger partial charge in [0.15, 0.2) is 5.56 Å². The van der Waals surface area contributed by atoms with Crippen LogP contribution in [0.3, 0.4) is 0 Å². The van der Waals surface area contributed by atoms with Crippen molar-refractivity contribution in [2.45, 2.75) is 6.43 Å². The molecule has 0 saturated carbocycles. The number of carbonyl (C=O) groups is 1. The quantitative estimate of drug-likeness (QED) is 0.525. The van der Waals surface area contributed by atoms with Crippen molar-refractivity contribution in [3.63, 3.8) is 0 Å². The van der Waals surface area contributed by atoms with Crippen molar-refractivity contribution in [1.82, 2.24) is 4.98 Å². The predicted octanol–water partition coefficient (Wildman–Crippen LogP) is 2.39. The lowest BCUT2D eigenvalue weighted by Gasteiger charge is -2.06. The summed E-state index contributed by atoms with van der Waals surface area (Å²) in [6.07, 6.45) is -2.56. The Balaban J connectivity index is 3.63. The van der Waals surface area contributed by atoms with Gasteiger partial charge in [-0.3, -0.25) is 10.1 Å². The number of carboxylic acid groups (broad SMARTS) is 1. The molecule has 0 aromatic carbocycles. The summed E-state index contributed by atoms with van der Waals surface area (Å²) in [5.74, 6) is -1.80. The van der Waals surface area contributed by atoms with E-state index in [1.165, 1.54) is 0 Å². The highest BCUT2D eigenvalue weighted by atomic mass is 79.9. The molecule has 0 unspecified atom stereocenters. The van der Waals surface area contributed by atoms with E-state index in [0.29, 0.717) is 6.20 Å². The van der Waals surface area contributed by atoms with Crippen molar-refractivity contribution in [3.8, 4) is 0 Å². The van der Waals surface area contributed by atoms with E-state index in [1.54, 1.807) is 0 Å². The van der Waals surface area contributed by atoms with Gasteiger partial charge < -0.3 is 5.11 Å². The number of aromatic nitrogens is 1. The first-order valence-electron chi connectivity index (χ1n) is 3.70. The number of rotatable bonds is 3. The molecule has 1 N–H and O–H groups in total. The summed E-state index contributed by atoms with van der Waals surface area (Å²) in [5.41, 5.74) is -3.02. The van der Waals surface area contributed by atoms with Gasteiger partial charge in [0.25, 0.3) is 6.43 Å². The number of aromatic carboxylic acids is 1. The third-order valence-electron chi connectivity index (χ3n) is 1.68. The predicted molar refractivity (Wildman–Crippen MR) is 50.5 cm³/mol. The molecule has 16 heavy (non-hydrogen) atoms. The zero-order valence-electron chi connectivity index (χ0n) is 7.35. The Morgan fingerprint density at radius 1 is 1.62 bits per heavy atom. The summed E-state index contributed by atoms with van der Waals surface area (Å²) >= 11 is 2.62. The van der Waals surface area contributed by atoms with Gasteiger partial charge in [0, 0.05) is 0 Å². The largest absolute Gasteiger partial charge is 0.477 e. The van der Waals surface area contributed by atoms with Crippen molar-refractivity contribution < 1.29 is 23.6 Å². The molecule has 1 heterocycles. The summed E-state index contributed by atoms with van der Waals surface area (Å²) in [6.45, 7) is 0. The standard InChI is InChI=1S/C7H3BrF2N2O4/c8-5-4(6(9)10)3(7(13)14)2(1-11-5)12(15)16/h1,6H,(H,13,14). The van der Waals surface area contributed by atoms with Crippen LogP contribution in [0.25, 0.3) is 0 Å². The number of nitro groups is 1. The molecule has 0 aliphatic heterocycles. The molecule has 0 spiro atoms. The van der Waals surface area contributed by atoms with Gasteiger partial charge in [-0.25, -0.2) is 18.6 Å². The van der Waals surface area contributed by atoms with Crippen molar-refractivity contribution in [3.05, 3.63) is 32.0 Å². The third kappa shape index (κ3) is 2.13. The van der Waals surface area contributed by atoms with Crippen LogP contribution < -0.4 is 0 Å². The summed E-state index contributed by atoms with van der Waals surface area (Å²) in [4.78, 5) is 23.4. The Bertz CT molecular complexity index is 466. The number of halogens is 3. The highest BCUT2D eigenvalue weighted by Gasteiger charge is 2.31. The maximum Gasteiger partial charge on any atom is 0.343 e. The molecule has 0 bridgehead atoms. The molecule has 6 nitrogen and oxygen atoms in total. The Morgan fingerprint density at radius 3 is 2.56 bits per heavy atom. The molecular weight excluding hydrogens is 294 g/mol. The fourth-order valence-electron chi connectivity index (χ4n) is 1.06. The number of alkyl halides is 2. The molecule has 1 aromatic heterocycles. The molecule has 0 fully saturated rings. The summed E-state index contributed by atoms with van der Waals surface area (Å²) in [7, 11) is 0. The lowest BCUT2D eigenvalue weighted by Crippen LogP contribution is -2.09. The van der Waals surface area contributed by atoms with E-state index in [0.717, 1.165) is 0 Å². The van der Waals surface area contributed by atoms with E-state index in [9.17, 15) is 23.7 Å². The van der Waals surface area contributed by atoms with Crippen LogP contribution in [-0.2, 0) is 0 Å². The third-order valence-corrected chi connectivity index (χ3v) is 2.31. The van der Waals surface area contributed by atoms with Crippen LogP contribution in [0, 0.1) is 10.1 Å². The molecule has 1 rings (SSSR count). The van der Waals surface area contributed by atoms with Gasteiger partial charge in [-0.2, -0.15) is 0 Å². The number of hydrogen-bond acceptors (Lipinski definition) is 4. The number of hydrogen-bond donors (Lipinski definition) is 1. The van der Waals surface area contributed by atoms with Gasteiger partial charge in [-0.05, 0) is 15.9 Å². The second kappa shape index (κ2) is 4.47. The molecule has 0 aliphatic carbocycles. The fraction of sp³-hybridized carbons (Fsp3) is 0.143. The van der Waals surface area contributed by atoms with Crippen molar-refractivity contribution in [2.24, 2.45) is 0 Å². The van der Waals surface area contributed by atoms with Gasteiger partial charge in [0.05, 0.1) is 10.5 Å². The van der Waals surface area contributed by atoms with Crippen LogP contribution in [0.2, 0.25) is 0 Å². The van der Waals surface area contributed by atoms with Crippen molar-refractivity contribution in [2.75, 3.05) is 0 Å². The van der Waals surface area contributed by atoms with Gasteiger partial charge in [0.1, 0.15) is 10.8 Å². The fourth-order valence-corrected chi connectivity index (χ4v) is 1.53. The minimum atomic E-state index is -3.17. The molecular formula is C7H3BrF2N2O4. The van der Waals surface area contributed by atoms with Gasteiger partial charge in [-0.15, -0.1) is 0 Å². The smallest absolute Gasteiger partial charge is 0.343 e. The van der Waals surface area contributed by atoms with Crippen LogP contribution in [-0.4, -0.2) is 21.0 Å². The maximum absolute atomic E-state index is 12.5. The van der Waals surface area contributed by atoms with Crippen LogP contribution in [0.4, 0.5) is 14.5 Å². The Labute approximate surface area is 95.2 Å². The first kappa shape index (κ1) is 12.4. The molecule has 0 atom stereocenters. The highest BCUT2D eigenvalue weighted by molar-refractivity contribution is 9.10. The average Bonchev–Trinajstić information content (AvgIpc) is 2.15. The average molecular weight is 297 g/mol. The highest BCUT2D eigenvalue weighted by Crippen LogP contribution is 2.33. The molecule has 86 valence electrons. The minimum Gasteiger partial charge on any atom is -0.477 e. The molecule has 0 radical (unpaired) electrons. The van der Waals surface area contributed by atoms with E-state index < -0.39 is 38.7 Å². The Hall–Kier alpha value is -1.64. The molecule has 0 amide bonds. The Kier molecular flexibility index (Phi) is 3.48. The summed E-state index contributed by atoms with van der Waals surface area (Å²) < 4.78 is 24.6. The van der Waals surface area contributed by atoms with E-state index in [-0.39, 0.29) is 0 Å². The normalized spacial score (nSPS) is 10.5. The molecule has 0 aliphatic rings. The SMILES string of the molecule is O=C(O)c1c([N+](=O)[O-])cnc(Br)c1C(F)F. The Morgan fingerprint density at radius 2 is 2.19 bits per heavy atom. The first-order valence-corrected chi connectivity index (χ1v) is 4.49. The lowest BCUT2D eigenvalue weighted by molar-refractivity contribution is -0.385. The number of carboxylic acids is 1. The van der Waals surface area contributed by atoms with Crippen molar-refractivity contribution in [1.29, 1.82) is 0 Å². The maximum atomic E-state index is 12.5. The zero-order chi connectivity index (χ0) is 12.5. The molecule has 9 heteroatoms. The van der Waals surface area contributed by atoms with Crippen LogP contribution in [0.1, 0.15) is 22.3 Å². The molecule has 0 saturated heterocycles. The summed E-state index contributed by atoms with van der Waals surface area (Å²) in [5, 5.41) is 19.1. The van der Waals surface area contributed by atoms with Crippen LogP contribution in [0.15, 0.2) is 10.8 Å². The second-order valence-corrected chi connectivity index (χ2v) is 3.34. The van der Waals surface area contributed by atoms with Crippen LogP contribution >= 0.6 is 15.9 Å². The van der Waals surface area contributed by atoms with Crippen molar-refractivity contribution >= 4 is 27.6 Å². The first-order chi connectivity index (χ1) is 7.36. The minimum absolute atomic E-state index is 0.425. The monoisotopic (exact) mass is 296 g/mol. The lowest BCUT2D eigenvalue weighted by atomic mass is 10.1. The second-order valence-electron chi connectivity index (χ2n) is 2.59. The van der Waals surface area contributed by atoms with E-state index in [4.69, 9.17) is 5.11 Å². The topological polar surface area (TPSA) is 93.3 Å². The number of pyridine rings is 1. The number of nitrogens with zero attached hydrogens (tertiary/aromatic N) is 2. The van der Waals surface area contributed by atoms with E-state index in [1.807, 2.05) is 0 Å². The van der Waals surface area contributed by atoms with Gasteiger partial charge in [-0.1, -0.05) is 0 Å². The van der Waals surface area contributed by atoms with Crippen LogP contribution in [0.5, 0.6) is 0 Å². The van der Waals surface area contributed by atoms with Gasteiger partial charge >= 0.3 is 11.7 Å². The molecule has 1 aromatic rings. The van der Waals surface area contributed by atoms with E-state index >= 15 is 0 Å². The van der Waals surface area contributed by atoms with E-state index in [2.05, 4.69) is 20.9 Å². The summed E-state index contributed by atoms with van der Waals surface area (Å²) in [6, 6.07) is 0. The zero-order valence-corrected chi connectivity index (χ0v) is 8.94. The van der Waals surface area contributed by atoms with Gasteiger partial charge in [0.2, 0.25) is 0 Å².